The van der Waals surface area contributed by atoms with E-state index in [1.54, 1.807) is 0 Å². The summed E-state index contributed by atoms with van der Waals surface area (Å²) in [5.74, 6) is -0.182. The van der Waals surface area contributed by atoms with Crippen LogP contribution in [0.15, 0.2) is 30.3 Å². The monoisotopic (exact) mass is 305 g/mol. The second-order valence-corrected chi connectivity index (χ2v) is 6.23. The molecule has 120 valence electrons. The molecule has 1 heterocycles. The summed E-state index contributed by atoms with van der Waals surface area (Å²) in [7, 11) is 0. The normalized spacial score (nSPS) is 34.7. The number of carbonyl (C=O) groups excluding carboxylic acids is 1. The van der Waals surface area contributed by atoms with E-state index in [4.69, 9.17) is 5.11 Å². The standard InChI is InChI=1S/C16H23N3O3/c20-9-11-6-12(7-15(11)21)17-16(22)14-8-13(18-19-14)10-4-2-1-3-5-10/h1-5,11-15,18-21H,6-9H2,(H,17,22). The molecule has 1 aromatic carbocycles. The first-order valence-corrected chi connectivity index (χ1v) is 7.82. The van der Waals surface area contributed by atoms with Crippen LogP contribution in [0.5, 0.6) is 0 Å². The van der Waals surface area contributed by atoms with E-state index < -0.39 is 6.10 Å². The Morgan fingerprint density at radius 1 is 1.18 bits per heavy atom. The minimum absolute atomic E-state index is 0.0349. The molecule has 2 aliphatic rings. The molecular weight excluding hydrogens is 282 g/mol. The van der Waals surface area contributed by atoms with E-state index in [-0.39, 0.29) is 36.6 Å². The fourth-order valence-electron chi connectivity index (χ4n) is 3.35. The molecular formula is C16H23N3O3. The average molecular weight is 305 g/mol. The lowest BCUT2D eigenvalue weighted by Gasteiger charge is -2.16. The van der Waals surface area contributed by atoms with E-state index in [2.05, 4.69) is 16.2 Å². The Morgan fingerprint density at radius 3 is 2.64 bits per heavy atom. The maximum absolute atomic E-state index is 12.3. The molecule has 1 amide bonds. The van der Waals surface area contributed by atoms with Crippen molar-refractivity contribution in [3.8, 4) is 0 Å². The average Bonchev–Trinajstić information content (AvgIpc) is 3.15. The molecule has 5 atom stereocenters. The lowest BCUT2D eigenvalue weighted by atomic mass is 10.0. The van der Waals surface area contributed by atoms with Crippen molar-refractivity contribution in [2.24, 2.45) is 5.92 Å². The van der Waals surface area contributed by atoms with E-state index >= 15 is 0 Å². The molecule has 5 N–H and O–H groups in total. The van der Waals surface area contributed by atoms with Crippen LogP contribution in [0.2, 0.25) is 0 Å². The lowest BCUT2D eigenvalue weighted by Crippen LogP contribution is -2.46. The first-order chi connectivity index (χ1) is 10.7. The van der Waals surface area contributed by atoms with Crippen molar-refractivity contribution in [3.05, 3.63) is 35.9 Å². The molecule has 6 nitrogen and oxygen atoms in total. The highest BCUT2D eigenvalue weighted by atomic mass is 16.3. The maximum Gasteiger partial charge on any atom is 0.238 e. The van der Waals surface area contributed by atoms with Crippen LogP contribution in [0.25, 0.3) is 0 Å². The predicted molar refractivity (Wildman–Crippen MR) is 81.6 cm³/mol. The molecule has 1 aliphatic heterocycles. The summed E-state index contributed by atoms with van der Waals surface area (Å²) in [6.45, 7) is -0.0349. The molecule has 2 fully saturated rings. The third-order valence-electron chi connectivity index (χ3n) is 4.66. The van der Waals surface area contributed by atoms with Crippen molar-refractivity contribution in [1.82, 2.24) is 16.2 Å². The van der Waals surface area contributed by atoms with E-state index in [0.717, 1.165) is 5.56 Å². The van der Waals surface area contributed by atoms with Gasteiger partial charge in [-0.15, -0.1) is 0 Å². The Kier molecular flexibility index (Phi) is 4.73. The molecule has 22 heavy (non-hydrogen) atoms. The fraction of sp³-hybridized carbons (Fsp3) is 0.562. The van der Waals surface area contributed by atoms with E-state index in [1.807, 2.05) is 30.3 Å². The van der Waals surface area contributed by atoms with Crippen molar-refractivity contribution in [2.45, 2.75) is 43.5 Å². The lowest BCUT2D eigenvalue weighted by molar-refractivity contribution is -0.123. The number of nitrogens with one attached hydrogen (secondary N) is 3. The van der Waals surface area contributed by atoms with Gasteiger partial charge in [0.1, 0.15) is 6.04 Å². The summed E-state index contributed by atoms with van der Waals surface area (Å²) in [5, 5.41) is 21.9. The first kappa shape index (κ1) is 15.4. The minimum Gasteiger partial charge on any atom is -0.396 e. The number of hydrazine groups is 1. The molecule has 0 spiro atoms. The Bertz CT molecular complexity index is 511. The smallest absolute Gasteiger partial charge is 0.238 e. The Hall–Kier alpha value is -1.47. The van der Waals surface area contributed by atoms with Crippen LogP contribution in [-0.4, -0.2) is 40.9 Å². The molecule has 0 aromatic heterocycles. The van der Waals surface area contributed by atoms with Gasteiger partial charge in [0, 0.05) is 24.6 Å². The zero-order valence-corrected chi connectivity index (χ0v) is 12.4. The second kappa shape index (κ2) is 6.75. The number of hydrogen-bond acceptors (Lipinski definition) is 5. The van der Waals surface area contributed by atoms with Gasteiger partial charge < -0.3 is 15.5 Å². The van der Waals surface area contributed by atoms with Crippen LogP contribution in [0.3, 0.4) is 0 Å². The molecule has 1 saturated carbocycles. The van der Waals surface area contributed by atoms with Gasteiger partial charge in [0.05, 0.1) is 6.10 Å². The fourth-order valence-corrected chi connectivity index (χ4v) is 3.35. The van der Waals surface area contributed by atoms with Gasteiger partial charge in [-0.05, 0) is 24.8 Å². The highest BCUT2D eigenvalue weighted by molar-refractivity contribution is 5.82. The van der Waals surface area contributed by atoms with Crippen LogP contribution >= 0.6 is 0 Å². The highest BCUT2D eigenvalue weighted by Crippen LogP contribution is 2.26. The van der Waals surface area contributed by atoms with Gasteiger partial charge in [0.25, 0.3) is 0 Å². The number of rotatable bonds is 4. The van der Waals surface area contributed by atoms with Crippen LogP contribution in [-0.2, 0) is 4.79 Å². The van der Waals surface area contributed by atoms with Crippen molar-refractivity contribution >= 4 is 5.91 Å². The molecule has 0 radical (unpaired) electrons. The van der Waals surface area contributed by atoms with Gasteiger partial charge in [-0.2, -0.15) is 0 Å². The van der Waals surface area contributed by atoms with Gasteiger partial charge in [0.2, 0.25) is 5.91 Å². The molecule has 3 rings (SSSR count). The number of aliphatic hydroxyl groups excluding tert-OH is 2. The highest BCUT2D eigenvalue weighted by Gasteiger charge is 2.36. The summed E-state index contributed by atoms with van der Waals surface area (Å²) in [6, 6.07) is 9.80. The predicted octanol–water partition coefficient (Wildman–Crippen LogP) is -0.158. The number of carbonyl (C=O) groups is 1. The second-order valence-electron chi connectivity index (χ2n) is 6.23. The zero-order valence-electron chi connectivity index (χ0n) is 12.4. The van der Waals surface area contributed by atoms with Crippen LogP contribution in [0, 0.1) is 5.92 Å². The first-order valence-electron chi connectivity index (χ1n) is 7.82. The van der Waals surface area contributed by atoms with Crippen molar-refractivity contribution in [1.29, 1.82) is 0 Å². The summed E-state index contributed by atoms with van der Waals surface area (Å²) in [6.07, 6.45) is 1.31. The van der Waals surface area contributed by atoms with Gasteiger partial charge in [-0.1, -0.05) is 30.3 Å². The Morgan fingerprint density at radius 2 is 1.95 bits per heavy atom. The minimum atomic E-state index is -0.526. The summed E-state index contributed by atoms with van der Waals surface area (Å²) in [4.78, 5) is 12.3. The largest absolute Gasteiger partial charge is 0.396 e. The van der Waals surface area contributed by atoms with Gasteiger partial charge in [-0.25, -0.2) is 10.9 Å². The SMILES string of the molecule is O=C(NC1CC(O)C(CO)C1)C1CC(c2ccccc2)NN1. The zero-order chi connectivity index (χ0) is 15.5. The quantitative estimate of drug-likeness (QED) is 0.533. The third-order valence-corrected chi connectivity index (χ3v) is 4.66. The Labute approximate surface area is 129 Å². The summed E-state index contributed by atoms with van der Waals surface area (Å²) >= 11 is 0. The van der Waals surface area contributed by atoms with Gasteiger partial charge in [-0.3, -0.25) is 4.79 Å². The number of amides is 1. The molecule has 1 aromatic rings. The number of hydrogen-bond donors (Lipinski definition) is 5. The summed E-state index contributed by atoms with van der Waals surface area (Å²) in [5.41, 5.74) is 7.35. The van der Waals surface area contributed by atoms with E-state index in [9.17, 15) is 9.90 Å². The van der Waals surface area contributed by atoms with Crippen molar-refractivity contribution < 1.29 is 15.0 Å². The number of aliphatic hydroxyl groups is 2. The van der Waals surface area contributed by atoms with Crippen LogP contribution < -0.4 is 16.2 Å². The molecule has 5 unspecified atom stereocenters. The van der Waals surface area contributed by atoms with Crippen molar-refractivity contribution in [3.63, 3.8) is 0 Å². The van der Waals surface area contributed by atoms with Crippen LogP contribution in [0.4, 0.5) is 0 Å². The van der Waals surface area contributed by atoms with Crippen molar-refractivity contribution in [2.75, 3.05) is 6.61 Å². The number of benzene rings is 1. The topological polar surface area (TPSA) is 93.6 Å². The van der Waals surface area contributed by atoms with E-state index in [1.165, 1.54) is 0 Å². The molecule has 1 aliphatic carbocycles. The summed E-state index contributed by atoms with van der Waals surface area (Å²) < 4.78 is 0. The van der Waals surface area contributed by atoms with Gasteiger partial charge in [0.15, 0.2) is 0 Å². The Balaban J connectivity index is 1.52. The third kappa shape index (κ3) is 3.30. The molecule has 0 bridgehead atoms. The maximum atomic E-state index is 12.3. The molecule has 6 heteroatoms. The van der Waals surface area contributed by atoms with Gasteiger partial charge >= 0.3 is 0 Å². The van der Waals surface area contributed by atoms with Crippen LogP contribution in [0.1, 0.15) is 30.9 Å². The van der Waals surface area contributed by atoms with E-state index in [0.29, 0.717) is 19.3 Å². The molecule has 1 saturated heterocycles.